The number of unbranched alkanes of at least 4 members (excludes halogenated alkanes) is 3. The summed E-state index contributed by atoms with van der Waals surface area (Å²) >= 11 is 5.77. The molecule has 0 bridgehead atoms. The summed E-state index contributed by atoms with van der Waals surface area (Å²) in [7, 11) is 0. The second-order valence-corrected chi connectivity index (χ2v) is 3.42. The fraction of sp³-hybridized carbons (Fsp3) is 0.600. The van der Waals surface area contributed by atoms with Gasteiger partial charge in [0.1, 0.15) is 0 Å². The van der Waals surface area contributed by atoms with Crippen molar-refractivity contribution in [3.63, 3.8) is 0 Å². The van der Waals surface area contributed by atoms with Gasteiger partial charge in [-0.25, -0.2) is 9.97 Å². The highest BCUT2D eigenvalue weighted by molar-refractivity contribution is 6.30. The van der Waals surface area contributed by atoms with Crippen LogP contribution in [0.2, 0.25) is 5.15 Å². The van der Waals surface area contributed by atoms with Crippen molar-refractivity contribution in [1.29, 1.82) is 0 Å². The molecule has 0 aliphatic heterocycles. The lowest BCUT2D eigenvalue weighted by molar-refractivity contribution is 0.293. The Morgan fingerprint density at radius 3 is 2.71 bits per heavy atom. The van der Waals surface area contributed by atoms with E-state index in [1.54, 1.807) is 12.4 Å². The molecule has 0 amide bonds. The van der Waals surface area contributed by atoms with Crippen LogP contribution in [0.25, 0.3) is 0 Å². The van der Waals surface area contributed by atoms with Crippen molar-refractivity contribution in [3.8, 4) is 5.88 Å². The third-order valence-electron chi connectivity index (χ3n) is 1.86. The van der Waals surface area contributed by atoms with Gasteiger partial charge in [0.05, 0.1) is 6.61 Å². The molecule has 0 aliphatic rings. The summed E-state index contributed by atoms with van der Waals surface area (Å²) in [6, 6.07) is 0. The maximum Gasteiger partial charge on any atom is 0.252 e. The minimum atomic E-state index is 0.336. The topological polar surface area (TPSA) is 35.0 Å². The minimum absolute atomic E-state index is 0.336. The Morgan fingerprint density at radius 1 is 1.21 bits per heavy atom. The first kappa shape index (κ1) is 11.2. The molecule has 0 saturated carbocycles. The van der Waals surface area contributed by atoms with Crippen LogP contribution in [0.15, 0.2) is 12.4 Å². The summed E-state index contributed by atoms with van der Waals surface area (Å²) in [4.78, 5) is 7.85. The number of aromatic nitrogens is 2. The SMILES string of the molecule is CCCCCCOc1nccnc1Cl. The Labute approximate surface area is 89.5 Å². The first-order valence-corrected chi connectivity index (χ1v) is 5.31. The molecular weight excluding hydrogens is 200 g/mol. The summed E-state index contributed by atoms with van der Waals surface area (Å²) in [6.07, 6.45) is 7.83. The van der Waals surface area contributed by atoms with E-state index in [4.69, 9.17) is 16.3 Å². The van der Waals surface area contributed by atoms with Gasteiger partial charge in [-0.15, -0.1) is 0 Å². The minimum Gasteiger partial charge on any atom is -0.475 e. The maximum atomic E-state index is 5.77. The van der Waals surface area contributed by atoms with E-state index in [0.717, 1.165) is 6.42 Å². The third kappa shape index (κ3) is 3.92. The number of nitrogens with zero attached hydrogens (tertiary/aromatic N) is 2. The molecule has 1 aromatic rings. The molecule has 0 aliphatic carbocycles. The molecule has 1 aromatic heterocycles. The first-order chi connectivity index (χ1) is 6.84. The molecular formula is C10H15ClN2O. The molecule has 0 spiro atoms. The fourth-order valence-electron chi connectivity index (χ4n) is 1.10. The molecule has 0 N–H and O–H groups in total. The molecule has 0 unspecified atom stereocenters. The van der Waals surface area contributed by atoms with Gasteiger partial charge >= 0.3 is 0 Å². The van der Waals surface area contributed by atoms with E-state index in [0.29, 0.717) is 17.6 Å². The van der Waals surface area contributed by atoms with Gasteiger partial charge in [0.25, 0.3) is 5.88 Å². The predicted octanol–water partition coefficient (Wildman–Crippen LogP) is 3.09. The number of rotatable bonds is 6. The Hall–Kier alpha value is -0.830. The standard InChI is InChI=1S/C10H15ClN2O/c1-2-3-4-5-8-14-10-9(11)12-6-7-13-10/h6-7H,2-5,8H2,1H3. The molecule has 0 fully saturated rings. The Bertz CT molecular complexity index is 268. The van der Waals surface area contributed by atoms with Gasteiger partial charge in [0.2, 0.25) is 0 Å². The van der Waals surface area contributed by atoms with Crippen molar-refractivity contribution in [2.24, 2.45) is 0 Å². The second kappa shape index (κ2) is 6.60. The lowest BCUT2D eigenvalue weighted by Crippen LogP contribution is -2.00. The quantitative estimate of drug-likeness (QED) is 0.683. The zero-order valence-electron chi connectivity index (χ0n) is 8.37. The third-order valence-corrected chi connectivity index (χ3v) is 2.12. The van der Waals surface area contributed by atoms with Crippen molar-refractivity contribution in [3.05, 3.63) is 17.5 Å². The summed E-state index contributed by atoms with van der Waals surface area (Å²) in [5.41, 5.74) is 0. The van der Waals surface area contributed by atoms with Crippen molar-refractivity contribution < 1.29 is 4.74 Å². The van der Waals surface area contributed by atoms with Gasteiger partial charge in [-0.3, -0.25) is 0 Å². The summed E-state index contributed by atoms with van der Waals surface area (Å²) < 4.78 is 5.38. The highest BCUT2D eigenvalue weighted by Gasteiger charge is 2.01. The first-order valence-electron chi connectivity index (χ1n) is 4.94. The van der Waals surface area contributed by atoms with E-state index < -0.39 is 0 Å². The smallest absolute Gasteiger partial charge is 0.252 e. The number of halogens is 1. The lowest BCUT2D eigenvalue weighted by Gasteiger charge is -2.04. The van der Waals surface area contributed by atoms with Gasteiger partial charge in [0, 0.05) is 12.4 Å². The van der Waals surface area contributed by atoms with Crippen molar-refractivity contribution >= 4 is 11.6 Å². The van der Waals surface area contributed by atoms with Crippen LogP contribution in [-0.4, -0.2) is 16.6 Å². The van der Waals surface area contributed by atoms with Crippen molar-refractivity contribution in [1.82, 2.24) is 9.97 Å². The van der Waals surface area contributed by atoms with Crippen LogP contribution in [0.3, 0.4) is 0 Å². The molecule has 0 atom stereocenters. The Morgan fingerprint density at radius 2 is 2.00 bits per heavy atom. The Kier molecular flexibility index (Phi) is 5.30. The summed E-state index contributed by atoms with van der Waals surface area (Å²) in [5.74, 6) is 0.436. The monoisotopic (exact) mass is 214 g/mol. The zero-order chi connectivity index (χ0) is 10.2. The maximum absolute atomic E-state index is 5.77. The van der Waals surface area contributed by atoms with Crippen molar-refractivity contribution in [2.75, 3.05) is 6.61 Å². The highest BCUT2D eigenvalue weighted by Crippen LogP contribution is 2.17. The van der Waals surface area contributed by atoms with Crippen LogP contribution >= 0.6 is 11.6 Å². The van der Waals surface area contributed by atoms with Crippen LogP contribution in [0.1, 0.15) is 32.6 Å². The van der Waals surface area contributed by atoms with E-state index in [2.05, 4.69) is 16.9 Å². The Balaban J connectivity index is 2.21. The van der Waals surface area contributed by atoms with Gasteiger partial charge < -0.3 is 4.74 Å². The van der Waals surface area contributed by atoms with E-state index in [9.17, 15) is 0 Å². The van der Waals surface area contributed by atoms with Crippen LogP contribution < -0.4 is 4.74 Å². The van der Waals surface area contributed by atoms with Gasteiger partial charge in [-0.1, -0.05) is 37.8 Å². The number of hydrogen-bond donors (Lipinski definition) is 0. The molecule has 3 nitrogen and oxygen atoms in total. The van der Waals surface area contributed by atoms with Gasteiger partial charge in [-0.2, -0.15) is 0 Å². The van der Waals surface area contributed by atoms with Gasteiger partial charge in [0.15, 0.2) is 5.15 Å². The number of ether oxygens (including phenoxy) is 1. The predicted molar refractivity (Wildman–Crippen MR) is 56.7 cm³/mol. The van der Waals surface area contributed by atoms with Crippen LogP contribution in [0.4, 0.5) is 0 Å². The van der Waals surface area contributed by atoms with Gasteiger partial charge in [-0.05, 0) is 6.42 Å². The molecule has 4 heteroatoms. The fourth-order valence-corrected chi connectivity index (χ4v) is 1.26. The molecule has 1 rings (SSSR count). The highest BCUT2D eigenvalue weighted by atomic mass is 35.5. The molecule has 0 radical (unpaired) electrons. The zero-order valence-corrected chi connectivity index (χ0v) is 9.13. The average Bonchev–Trinajstić information content (AvgIpc) is 2.20. The van der Waals surface area contributed by atoms with E-state index in [1.165, 1.54) is 19.3 Å². The van der Waals surface area contributed by atoms with Crippen LogP contribution in [0.5, 0.6) is 5.88 Å². The van der Waals surface area contributed by atoms with Crippen LogP contribution in [-0.2, 0) is 0 Å². The van der Waals surface area contributed by atoms with E-state index in [-0.39, 0.29) is 0 Å². The molecule has 1 heterocycles. The summed E-state index contributed by atoms with van der Waals surface area (Å²) in [6.45, 7) is 2.85. The van der Waals surface area contributed by atoms with Crippen LogP contribution in [0, 0.1) is 0 Å². The second-order valence-electron chi connectivity index (χ2n) is 3.06. The van der Waals surface area contributed by atoms with E-state index >= 15 is 0 Å². The molecule has 0 aromatic carbocycles. The van der Waals surface area contributed by atoms with E-state index in [1.807, 2.05) is 0 Å². The molecule has 0 saturated heterocycles. The molecule has 14 heavy (non-hydrogen) atoms. The largest absolute Gasteiger partial charge is 0.475 e. The lowest BCUT2D eigenvalue weighted by atomic mass is 10.2. The van der Waals surface area contributed by atoms with Crippen molar-refractivity contribution in [2.45, 2.75) is 32.6 Å². The normalized spacial score (nSPS) is 10.1. The number of hydrogen-bond acceptors (Lipinski definition) is 3. The average molecular weight is 215 g/mol. The summed E-state index contributed by atoms with van der Waals surface area (Å²) in [5, 5.41) is 0.336. The molecule has 78 valence electrons.